The molecule has 0 aromatic heterocycles. The maximum Gasteiger partial charge on any atom is 0.322 e. The molecule has 4 N–H and O–H groups in total. The zero-order chi connectivity index (χ0) is 28.9. The van der Waals surface area contributed by atoms with Crippen molar-refractivity contribution in [2.45, 2.75) is 51.1 Å². The molecule has 41 heavy (non-hydrogen) atoms. The van der Waals surface area contributed by atoms with E-state index in [-0.39, 0.29) is 30.4 Å². The van der Waals surface area contributed by atoms with Gasteiger partial charge in [0, 0.05) is 49.2 Å². The van der Waals surface area contributed by atoms with E-state index in [4.69, 9.17) is 10.5 Å². The number of nitrogen functional groups attached to an aromatic ring is 1. The van der Waals surface area contributed by atoms with Gasteiger partial charge in [0.25, 0.3) is 5.91 Å². The number of carbonyl (C=O) groups is 3. The summed E-state index contributed by atoms with van der Waals surface area (Å²) in [6.45, 7) is 4.47. The fraction of sp³-hybridized carbons (Fsp3) is 0.500. The van der Waals surface area contributed by atoms with Gasteiger partial charge < -0.3 is 30.9 Å². The molecule has 11 heteroatoms. The molecule has 3 heterocycles. The van der Waals surface area contributed by atoms with E-state index in [1.54, 1.807) is 18.1 Å². The molecule has 5 rings (SSSR count). The number of hydrogen-bond donors (Lipinski definition) is 3. The Morgan fingerprint density at radius 1 is 1.07 bits per heavy atom. The van der Waals surface area contributed by atoms with E-state index in [0.717, 1.165) is 59.8 Å². The maximum absolute atomic E-state index is 13.0. The van der Waals surface area contributed by atoms with Crippen LogP contribution in [0.1, 0.15) is 53.6 Å². The summed E-state index contributed by atoms with van der Waals surface area (Å²) >= 11 is 0. The SMILES string of the molecule is Bc1cc(C(=O)NCC(=O)N2CCC(N3CCc4cc(OC)ccc4NC3=O)CC2)cc(CN2CCCCC2)c1N. The number of urea groups is 1. The van der Waals surface area contributed by atoms with Crippen LogP contribution in [0.2, 0.25) is 0 Å². The molecule has 3 aliphatic heterocycles. The van der Waals surface area contributed by atoms with E-state index >= 15 is 0 Å². The quantitative estimate of drug-likeness (QED) is 0.347. The highest BCUT2D eigenvalue weighted by Crippen LogP contribution is 2.28. The Labute approximate surface area is 243 Å². The third-order valence-electron chi connectivity index (χ3n) is 8.67. The molecule has 2 fully saturated rings. The summed E-state index contributed by atoms with van der Waals surface area (Å²) < 4.78 is 5.33. The van der Waals surface area contributed by atoms with Crippen molar-refractivity contribution < 1.29 is 19.1 Å². The molecule has 0 unspecified atom stereocenters. The van der Waals surface area contributed by atoms with Crippen LogP contribution < -0.4 is 26.6 Å². The number of nitrogens with one attached hydrogen (secondary N) is 2. The molecule has 0 bridgehead atoms. The number of nitrogens with two attached hydrogens (primary N) is 1. The van der Waals surface area contributed by atoms with Gasteiger partial charge in [0.1, 0.15) is 13.6 Å². The number of anilines is 2. The highest BCUT2D eigenvalue weighted by atomic mass is 16.5. The second-order valence-corrected chi connectivity index (χ2v) is 11.4. The Kier molecular flexibility index (Phi) is 9.02. The molecular formula is C30H41BN6O4. The summed E-state index contributed by atoms with van der Waals surface area (Å²) in [6.07, 6.45) is 5.77. The lowest BCUT2D eigenvalue weighted by Gasteiger charge is -2.38. The highest BCUT2D eigenvalue weighted by molar-refractivity contribution is 6.36. The van der Waals surface area contributed by atoms with Gasteiger partial charge >= 0.3 is 6.03 Å². The number of piperidine rings is 2. The van der Waals surface area contributed by atoms with Gasteiger partial charge in [-0.3, -0.25) is 14.5 Å². The van der Waals surface area contributed by atoms with Gasteiger partial charge in [0.2, 0.25) is 5.91 Å². The van der Waals surface area contributed by atoms with Gasteiger partial charge in [-0.05, 0) is 80.6 Å². The number of nitrogens with zero attached hydrogens (tertiary/aromatic N) is 3. The minimum atomic E-state index is -0.270. The summed E-state index contributed by atoms with van der Waals surface area (Å²) in [5.74, 6) is 0.390. The van der Waals surface area contributed by atoms with Gasteiger partial charge in [0.05, 0.1) is 13.7 Å². The molecule has 218 valence electrons. The molecule has 2 saturated heterocycles. The van der Waals surface area contributed by atoms with Crippen molar-refractivity contribution in [3.63, 3.8) is 0 Å². The summed E-state index contributed by atoms with van der Waals surface area (Å²) in [5.41, 5.74) is 11.3. The van der Waals surface area contributed by atoms with E-state index in [1.807, 2.05) is 37.0 Å². The Bertz CT molecular complexity index is 1290. The van der Waals surface area contributed by atoms with Crippen LogP contribution in [0, 0.1) is 0 Å². The molecule has 0 radical (unpaired) electrons. The van der Waals surface area contributed by atoms with Gasteiger partial charge in [-0.1, -0.05) is 17.9 Å². The number of fused-ring (bicyclic) bond motifs is 1. The van der Waals surface area contributed by atoms with Gasteiger partial charge in [-0.2, -0.15) is 0 Å². The molecule has 0 atom stereocenters. The first-order chi connectivity index (χ1) is 19.8. The summed E-state index contributed by atoms with van der Waals surface area (Å²) in [4.78, 5) is 45.0. The molecule has 0 spiro atoms. The fourth-order valence-electron chi connectivity index (χ4n) is 6.19. The monoisotopic (exact) mass is 560 g/mol. The average molecular weight is 561 g/mol. The van der Waals surface area contributed by atoms with E-state index in [1.165, 1.54) is 19.3 Å². The molecule has 2 aromatic rings. The van der Waals surface area contributed by atoms with Crippen molar-refractivity contribution >= 4 is 42.5 Å². The number of likely N-dealkylation sites (tertiary alicyclic amines) is 2. The first-order valence-electron chi connectivity index (χ1n) is 14.7. The number of carbonyl (C=O) groups excluding carboxylic acids is 3. The van der Waals surface area contributed by atoms with E-state index < -0.39 is 0 Å². The molecule has 0 aliphatic carbocycles. The second-order valence-electron chi connectivity index (χ2n) is 11.4. The Morgan fingerprint density at radius 2 is 1.83 bits per heavy atom. The Hall–Kier alpha value is -3.73. The van der Waals surface area contributed by atoms with Crippen LogP contribution in [0.3, 0.4) is 0 Å². The average Bonchev–Trinajstić information content (AvgIpc) is 3.16. The van der Waals surface area contributed by atoms with Crippen molar-refractivity contribution in [3.05, 3.63) is 47.0 Å². The summed E-state index contributed by atoms with van der Waals surface area (Å²) in [5, 5.41) is 5.84. The number of amides is 4. The maximum atomic E-state index is 13.0. The summed E-state index contributed by atoms with van der Waals surface area (Å²) in [6, 6.07) is 9.30. The lowest BCUT2D eigenvalue weighted by atomic mass is 9.89. The second kappa shape index (κ2) is 12.8. The van der Waals surface area contributed by atoms with Crippen molar-refractivity contribution in [1.82, 2.24) is 20.0 Å². The number of rotatable bonds is 7. The predicted octanol–water partition coefficient (Wildman–Crippen LogP) is 1.33. The summed E-state index contributed by atoms with van der Waals surface area (Å²) in [7, 11) is 3.55. The van der Waals surface area contributed by atoms with Crippen LogP contribution in [0.5, 0.6) is 5.75 Å². The minimum absolute atomic E-state index is 0.0564. The van der Waals surface area contributed by atoms with E-state index in [9.17, 15) is 14.4 Å². The number of methoxy groups -OCH3 is 1. The Morgan fingerprint density at radius 3 is 2.56 bits per heavy atom. The standard InChI is InChI=1S/C30H41BN6O4/c1-41-24-5-6-26-20(16-24)7-14-37(30(40)34-26)23-8-12-36(13-9-23)27(38)18-33-29(39)21-15-22(28(32)25(31)17-21)19-35-10-3-2-4-11-35/h5-6,15-17,23H,2-4,7-14,18-19,31-32H2,1H3,(H,33,39)(H,34,40). The van der Waals surface area contributed by atoms with Crippen LogP contribution in [-0.2, 0) is 17.8 Å². The van der Waals surface area contributed by atoms with Crippen LogP contribution in [0.15, 0.2) is 30.3 Å². The zero-order valence-electron chi connectivity index (χ0n) is 24.2. The molecular weight excluding hydrogens is 519 g/mol. The van der Waals surface area contributed by atoms with Gasteiger partial charge in [-0.15, -0.1) is 0 Å². The first kappa shape index (κ1) is 28.8. The normalized spacial score (nSPS) is 18.3. The molecule has 4 amide bonds. The molecule has 3 aliphatic rings. The van der Waals surface area contributed by atoms with Crippen LogP contribution in [-0.4, -0.2) is 92.8 Å². The van der Waals surface area contributed by atoms with Crippen LogP contribution in [0.4, 0.5) is 16.2 Å². The van der Waals surface area contributed by atoms with Crippen molar-refractivity contribution in [2.24, 2.45) is 0 Å². The molecule has 2 aromatic carbocycles. The first-order valence-corrected chi connectivity index (χ1v) is 14.7. The van der Waals surface area contributed by atoms with Gasteiger partial charge in [0.15, 0.2) is 0 Å². The third kappa shape index (κ3) is 6.78. The van der Waals surface area contributed by atoms with Crippen molar-refractivity contribution in [2.75, 3.05) is 57.4 Å². The third-order valence-corrected chi connectivity index (χ3v) is 8.67. The fourth-order valence-corrected chi connectivity index (χ4v) is 6.19. The number of benzene rings is 2. The van der Waals surface area contributed by atoms with E-state index in [0.29, 0.717) is 38.0 Å². The van der Waals surface area contributed by atoms with E-state index in [2.05, 4.69) is 15.5 Å². The van der Waals surface area contributed by atoms with Crippen LogP contribution in [0.25, 0.3) is 0 Å². The largest absolute Gasteiger partial charge is 0.497 e. The van der Waals surface area contributed by atoms with Crippen LogP contribution >= 0.6 is 0 Å². The molecule has 0 saturated carbocycles. The van der Waals surface area contributed by atoms with Crippen molar-refractivity contribution in [3.8, 4) is 5.75 Å². The number of hydrogen-bond acceptors (Lipinski definition) is 6. The Balaban J connectivity index is 1.12. The lowest BCUT2D eigenvalue weighted by molar-refractivity contribution is -0.131. The van der Waals surface area contributed by atoms with Crippen molar-refractivity contribution in [1.29, 1.82) is 0 Å². The topological polar surface area (TPSA) is 120 Å². The zero-order valence-corrected chi connectivity index (χ0v) is 24.2. The smallest absolute Gasteiger partial charge is 0.322 e. The van der Waals surface area contributed by atoms with Gasteiger partial charge in [-0.25, -0.2) is 4.79 Å². The lowest BCUT2D eigenvalue weighted by Crippen LogP contribution is -2.51. The number of ether oxygens (including phenoxy) is 1. The minimum Gasteiger partial charge on any atom is -0.497 e. The predicted molar refractivity (Wildman–Crippen MR) is 163 cm³/mol. The highest BCUT2D eigenvalue weighted by Gasteiger charge is 2.31. The molecule has 10 nitrogen and oxygen atoms in total.